The quantitative estimate of drug-likeness (QED) is 0.758. The lowest BCUT2D eigenvalue weighted by molar-refractivity contribution is -0.119. The van der Waals surface area contributed by atoms with Gasteiger partial charge in [0.2, 0.25) is 5.91 Å². The Balaban J connectivity index is 1.61. The van der Waals surface area contributed by atoms with Gasteiger partial charge in [-0.3, -0.25) is 19.3 Å². The van der Waals surface area contributed by atoms with Crippen LogP contribution in [0.5, 0.6) is 5.75 Å². The van der Waals surface area contributed by atoms with Gasteiger partial charge in [0, 0.05) is 6.54 Å². The van der Waals surface area contributed by atoms with Crippen LogP contribution >= 0.6 is 0 Å². The summed E-state index contributed by atoms with van der Waals surface area (Å²) in [5, 5.41) is 0. The van der Waals surface area contributed by atoms with E-state index in [-0.39, 0.29) is 22.6 Å². The minimum atomic E-state index is -3.03. The zero-order valence-electron chi connectivity index (χ0n) is 14.7. The Morgan fingerprint density at radius 2 is 1.71 bits per heavy atom. The van der Waals surface area contributed by atoms with E-state index < -0.39 is 30.9 Å². The van der Waals surface area contributed by atoms with E-state index in [0.717, 1.165) is 4.90 Å². The standard InChI is InChI=1S/C20H16F2N2O4/c21-20(22)28-15-9-3-5-12-6-4-10-23(17(12)15)16(25)11-24-18(26)13-7-1-2-8-14(13)19(24)27/h1-3,5,7-9,20H,4,6,10-11H2. The Morgan fingerprint density at radius 3 is 2.36 bits per heavy atom. The summed E-state index contributed by atoms with van der Waals surface area (Å²) in [6.07, 6.45) is 1.26. The maximum atomic E-state index is 12.9. The number of hydrogen-bond acceptors (Lipinski definition) is 4. The first-order chi connectivity index (χ1) is 13.5. The summed E-state index contributed by atoms with van der Waals surface area (Å²) in [5.41, 5.74) is 1.48. The fraction of sp³-hybridized carbons (Fsp3) is 0.250. The molecule has 8 heteroatoms. The molecule has 28 heavy (non-hydrogen) atoms. The Hall–Kier alpha value is -3.29. The fourth-order valence-electron chi connectivity index (χ4n) is 3.66. The van der Waals surface area contributed by atoms with Crippen LogP contribution in [-0.2, 0) is 11.2 Å². The van der Waals surface area contributed by atoms with Gasteiger partial charge in [-0.05, 0) is 36.6 Å². The van der Waals surface area contributed by atoms with Crippen molar-refractivity contribution >= 4 is 23.4 Å². The van der Waals surface area contributed by atoms with Gasteiger partial charge in [0.15, 0.2) is 0 Å². The van der Waals surface area contributed by atoms with Crippen molar-refractivity contribution in [1.29, 1.82) is 0 Å². The highest BCUT2D eigenvalue weighted by Gasteiger charge is 2.38. The Kier molecular flexibility index (Phi) is 4.54. The van der Waals surface area contributed by atoms with E-state index in [2.05, 4.69) is 4.74 Å². The minimum absolute atomic E-state index is 0.0945. The highest BCUT2D eigenvalue weighted by Crippen LogP contribution is 2.37. The van der Waals surface area contributed by atoms with Crippen LogP contribution in [0.3, 0.4) is 0 Å². The molecule has 4 rings (SSSR count). The van der Waals surface area contributed by atoms with Crippen LogP contribution in [0.1, 0.15) is 32.7 Å². The van der Waals surface area contributed by atoms with E-state index in [1.165, 1.54) is 23.1 Å². The molecule has 0 unspecified atom stereocenters. The van der Waals surface area contributed by atoms with Gasteiger partial charge in [-0.25, -0.2) is 0 Å². The lowest BCUT2D eigenvalue weighted by Crippen LogP contribution is -2.44. The van der Waals surface area contributed by atoms with Crippen LogP contribution in [0.25, 0.3) is 0 Å². The molecule has 0 radical (unpaired) electrons. The van der Waals surface area contributed by atoms with E-state index >= 15 is 0 Å². The van der Waals surface area contributed by atoms with Gasteiger partial charge < -0.3 is 9.64 Å². The molecule has 0 spiro atoms. The topological polar surface area (TPSA) is 66.9 Å². The molecule has 0 atom stereocenters. The molecule has 144 valence electrons. The molecule has 2 aromatic rings. The average molecular weight is 386 g/mol. The summed E-state index contributed by atoms with van der Waals surface area (Å²) in [7, 11) is 0. The van der Waals surface area contributed by atoms with Gasteiger partial charge in [-0.1, -0.05) is 24.3 Å². The van der Waals surface area contributed by atoms with Crippen LogP contribution in [0.2, 0.25) is 0 Å². The number of aryl methyl sites for hydroxylation is 1. The molecular formula is C20H16F2N2O4. The third-order valence-electron chi connectivity index (χ3n) is 4.87. The highest BCUT2D eigenvalue weighted by molar-refractivity contribution is 6.22. The summed E-state index contributed by atoms with van der Waals surface area (Å²) >= 11 is 0. The van der Waals surface area contributed by atoms with Crippen LogP contribution < -0.4 is 9.64 Å². The highest BCUT2D eigenvalue weighted by atomic mass is 19.3. The smallest absolute Gasteiger partial charge is 0.387 e. The first kappa shape index (κ1) is 18.1. The summed E-state index contributed by atoms with van der Waals surface area (Å²) < 4.78 is 30.1. The largest absolute Gasteiger partial charge is 0.433 e. The van der Waals surface area contributed by atoms with Crippen LogP contribution in [0.4, 0.5) is 14.5 Å². The second-order valence-electron chi connectivity index (χ2n) is 6.53. The number of alkyl halides is 2. The summed E-state index contributed by atoms with van der Waals surface area (Å²) in [6.45, 7) is -3.20. The molecule has 2 aliphatic heterocycles. The second kappa shape index (κ2) is 7.03. The van der Waals surface area contributed by atoms with Crippen molar-refractivity contribution in [3.8, 4) is 5.75 Å². The molecule has 0 fully saturated rings. The van der Waals surface area contributed by atoms with Gasteiger partial charge in [0.05, 0.1) is 16.8 Å². The van der Waals surface area contributed by atoms with Gasteiger partial charge in [-0.15, -0.1) is 0 Å². The number of anilines is 1. The van der Waals surface area contributed by atoms with Crippen molar-refractivity contribution in [3.05, 3.63) is 59.2 Å². The maximum Gasteiger partial charge on any atom is 0.387 e. The fourth-order valence-corrected chi connectivity index (χ4v) is 3.66. The van der Waals surface area contributed by atoms with Crippen molar-refractivity contribution < 1.29 is 27.9 Å². The lowest BCUT2D eigenvalue weighted by atomic mass is 10.0. The Morgan fingerprint density at radius 1 is 1.04 bits per heavy atom. The number of carbonyl (C=O) groups excluding carboxylic acids is 3. The van der Waals surface area contributed by atoms with E-state index in [0.29, 0.717) is 24.9 Å². The molecule has 2 aliphatic rings. The summed E-state index contributed by atoms with van der Waals surface area (Å²) in [6, 6.07) is 11.1. The van der Waals surface area contributed by atoms with Gasteiger partial charge in [-0.2, -0.15) is 8.78 Å². The molecule has 0 N–H and O–H groups in total. The number of amides is 3. The summed E-state index contributed by atoms with van der Waals surface area (Å²) in [4.78, 5) is 40.1. The number of imide groups is 1. The third-order valence-corrected chi connectivity index (χ3v) is 4.87. The van der Waals surface area contributed by atoms with E-state index in [1.807, 2.05) is 0 Å². The first-order valence-corrected chi connectivity index (χ1v) is 8.79. The third kappa shape index (κ3) is 3.00. The predicted octanol–water partition coefficient (Wildman–Crippen LogP) is 2.86. The molecule has 3 amide bonds. The zero-order chi connectivity index (χ0) is 19.8. The number of nitrogens with zero attached hydrogens (tertiary/aromatic N) is 2. The van der Waals surface area contributed by atoms with Gasteiger partial charge in [0.1, 0.15) is 12.3 Å². The van der Waals surface area contributed by atoms with Gasteiger partial charge in [0.25, 0.3) is 11.8 Å². The monoisotopic (exact) mass is 386 g/mol. The molecule has 0 bridgehead atoms. The van der Waals surface area contributed by atoms with E-state index in [9.17, 15) is 23.2 Å². The molecule has 2 aromatic carbocycles. The number of carbonyl (C=O) groups is 3. The zero-order valence-corrected chi connectivity index (χ0v) is 14.7. The Labute approximate surface area is 159 Å². The SMILES string of the molecule is O=C1c2ccccc2C(=O)N1CC(=O)N1CCCc2cccc(OC(F)F)c21. The van der Waals surface area contributed by atoms with Crippen LogP contribution in [-0.4, -0.2) is 42.3 Å². The van der Waals surface area contributed by atoms with E-state index in [4.69, 9.17) is 0 Å². The van der Waals surface area contributed by atoms with Crippen molar-refractivity contribution in [1.82, 2.24) is 4.90 Å². The van der Waals surface area contributed by atoms with Crippen LogP contribution in [0, 0.1) is 0 Å². The molecule has 0 aliphatic carbocycles. The second-order valence-corrected chi connectivity index (χ2v) is 6.53. The van der Waals surface area contributed by atoms with Crippen molar-refractivity contribution in [3.63, 3.8) is 0 Å². The minimum Gasteiger partial charge on any atom is -0.433 e. The first-order valence-electron chi connectivity index (χ1n) is 8.79. The molecule has 0 aromatic heterocycles. The van der Waals surface area contributed by atoms with E-state index in [1.54, 1.807) is 24.3 Å². The van der Waals surface area contributed by atoms with Crippen LogP contribution in [0.15, 0.2) is 42.5 Å². The number of hydrogen-bond donors (Lipinski definition) is 0. The lowest BCUT2D eigenvalue weighted by Gasteiger charge is -2.32. The van der Waals surface area contributed by atoms with Crippen molar-refractivity contribution in [2.45, 2.75) is 19.5 Å². The number of benzene rings is 2. The summed E-state index contributed by atoms with van der Waals surface area (Å²) in [5.74, 6) is -1.70. The molecular weight excluding hydrogens is 370 g/mol. The number of halogens is 2. The predicted molar refractivity (Wildman–Crippen MR) is 95.6 cm³/mol. The van der Waals surface area contributed by atoms with Gasteiger partial charge >= 0.3 is 6.61 Å². The molecule has 6 nitrogen and oxygen atoms in total. The molecule has 0 saturated heterocycles. The normalized spacial score (nSPS) is 15.7. The molecule has 2 heterocycles. The number of ether oxygens (including phenoxy) is 1. The Bertz CT molecular complexity index is 941. The van der Waals surface area contributed by atoms with Crippen molar-refractivity contribution in [2.24, 2.45) is 0 Å². The maximum absolute atomic E-state index is 12.9. The number of fused-ring (bicyclic) bond motifs is 2. The number of rotatable bonds is 4. The molecule has 0 saturated carbocycles. The number of para-hydroxylation sites is 1. The van der Waals surface area contributed by atoms with Crippen molar-refractivity contribution in [2.75, 3.05) is 18.0 Å². The average Bonchev–Trinajstić information content (AvgIpc) is 2.92.